The highest BCUT2D eigenvalue weighted by atomic mass is 79.9. The summed E-state index contributed by atoms with van der Waals surface area (Å²) in [6.45, 7) is 1.92. The Morgan fingerprint density at radius 2 is 1.69 bits per heavy atom. The molecule has 5 heteroatoms. The number of benzene rings is 3. The molecule has 0 spiro atoms. The number of nitrogens with one attached hydrogen (secondary N) is 1. The molecule has 1 heterocycles. The van der Waals surface area contributed by atoms with Crippen LogP contribution >= 0.6 is 15.9 Å². The molecule has 0 bridgehead atoms. The maximum atomic E-state index is 13.2. The maximum absolute atomic E-state index is 13.2. The lowest BCUT2D eigenvalue weighted by Crippen LogP contribution is -2.12. The van der Waals surface area contributed by atoms with Gasteiger partial charge in [0.25, 0.3) is 0 Å². The Hall–Kier alpha value is -3.05. The molecular weight excluding hydrogens is 510 g/mol. The standard InChI is InChI=1S/C31H32BrN3O/c1-21-17-30(35(34-21)28-15-13-25-19-27(32)14-12-26(25)20-28)31(36)16-9-22-7-10-24(11-8-22)29(33)18-23-5-3-2-4-6-23/h7-8,10-15,17,19-20,23,33H,2-6,9,16,18H2,1H3. The summed E-state index contributed by atoms with van der Waals surface area (Å²) in [6.07, 6.45) is 8.45. The summed E-state index contributed by atoms with van der Waals surface area (Å²) < 4.78 is 2.82. The Kier molecular flexibility index (Phi) is 7.47. The minimum absolute atomic E-state index is 0.0839. The number of halogens is 1. The quantitative estimate of drug-likeness (QED) is 0.180. The Bertz CT molecular complexity index is 1400. The van der Waals surface area contributed by atoms with Crippen LogP contribution in [0.3, 0.4) is 0 Å². The van der Waals surface area contributed by atoms with E-state index in [9.17, 15) is 4.79 Å². The van der Waals surface area contributed by atoms with Gasteiger partial charge in [-0.1, -0.05) is 84.4 Å². The van der Waals surface area contributed by atoms with Crippen molar-refractivity contribution in [2.24, 2.45) is 5.92 Å². The van der Waals surface area contributed by atoms with Crippen LogP contribution < -0.4 is 0 Å². The number of Topliss-reactive ketones (excluding diaryl/α,β-unsaturated/α-hetero) is 1. The Morgan fingerprint density at radius 3 is 2.47 bits per heavy atom. The van der Waals surface area contributed by atoms with Crippen molar-refractivity contribution in [1.29, 1.82) is 5.41 Å². The zero-order valence-electron chi connectivity index (χ0n) is 20.8. The van der Waals surface area contributed by atoms with E-state index in [2.05, 4.69) is 57.4 Å². The first-order valence-corrected chi connectivity index (χ1v) is 13.7. The van der Waals surface area contributed by atoms with Crippen molar-refractivity contribution in [3.05, 3.63) is 93.7 Å². The summed E-state index contributed by atoms with van der Waals surface area (Å²) in [4.78, 5) is 13.2. The van der Waals surface area contributed by atoms with Crippen LogP contribution in [0.4, 0.5) is 0 Å². The zero-order valence-corrected chi connectivity index (χ0v) is 22.4. The molecule has 1 aliphatic rings. The first-order valence-electron chi connectivity index (χ1n) is 12.9. The molecule has 3 aromatic carbocycles. The van der Waals surface area contributed by atoms with Crippen LogP contribution in [0.5, 0.6) is 0 Å². The Balaban J connectivity index is 1.25. The van der Waals surface area contributed by atoms with Crippen LogP contribution in [-0.4, -0.2) is 21.3 Å². The summed E-state index contributed by atoms with van der Waals surface area (Å²) in [7, 11) is 0. The third-order valence-corrected chi connectivity index (χ3v) is 7.80. The van der Waals surface area contributed by atoms with Gasteiger partial charge in [0, 0.05) is 16.6 Å². The highest BCUT2D eigenvalue weighted by Gasteiger charge is 2.17. The minimum atomic E-state index is 0.0839. The molecule has 36 heavy (non-hydrogen) atoms. The summed E-state index contributed by atoms with van der Waals surface area (Å²) >= 11 is 3.52. The van der Waals surface area contributed by atoms with Crippen molar-refractivity contribution in [3.8, 4) is 5.69 Å². The van der Waals surface area contributed by atoms with E-state index in [0.717, 1.165) is 49.9 Å². The van der Waals surface area contributed by atoms with Crippen LogP contribution in [0.15, 0.2) is 71.2 Å². The molecule has 5 rings (SSSR count). The average Bonchev–Trinajstić information content (AvgIpc) is 3.29. The van der Waals surface area contributed by atoms with Gasteiger partial charge in [-0.15, -0.1) is 0 Å². The van der Waals surface area contributed by atoms with E-state index in [1.165, 1.54) is 32.1 Å². The second kappa shape index (κ2) is 10.9. The van der Waals surface area contributed by atoms with Crippen molar-refractivity contribution in [2.75, 3.05) is 0 Å². The highest BCUT2D eigenvalue weighted by molar-refractivity contribution is 9.10. The van der Waals surface area contributed by atoms with Gasteiger partial charge in [-0.3, -0.25) is 4.79 Å². The molecule has 0 radical (unpaired) electrons. The van der Waals surface area contributed by atoms with Crippen LogP contribution in [-0.2, 0) is 6.42 Å². The SMILES string of the molecule is Cc1cc(C(=O)CCc2ccc(C(=N)CC3CCCCC3)cc2)n(-c2ccc3cc(Br)ccc3c2)n1. The van der Waals surface area contributed by atoms with E-state index >= 15 is 0 Å². The number of ketones is 1. The molecular formula is C31H32BrN3O. The molecule has 0 atom stereocenters. The monoisotopic (exact) mass is 541 g/mol. The fourth-order valence-electron chi connectivity index (χ4n) is 5.29. The lowest BCUT2D eigenvalue weighted by Gasteiger charge is -2.21. The van der Waals surface area contributed by atoms with E-state index in [4.69, 9.17) is 5.41 Å². The number of rotatable bonds is 8. The molecule has 4 aromatic rings. The molecule has 1 N–H and O–H groups in total. The predicted octanol–water partition coefficient (Wildman–Crippen LogP) is 8.25. The Morgan fingerprint density at radius 1 is 0.972 bits per heavy atom. The molecule has 0 aliphatic heterocycles. The van der Waals surface area contributed by atoms with Gasteiger partial charge in [0.1, 0.15) is 5.69 Å². The van der Waals surface area contributed by atoms with Gasteiger partial charge in [0.05, 0.1) is 11.4 Å². The summed E-state index contributed by atoms with van der Waals surface area (Å²) in [5, 5.41) is 15.4. The van der Waals surface area contributed by atoms with E-state index in [1.54, 1.807) is 4.68 Å². The number of carbonyl (C=O) groups excluding carboxylic acids is 1. The topological polar surface area (TPSA) is 58.7 Å². The molecule has 1 aromatic heterocycles. The van der Waals surface area contributed by atoms with Crippen molar-refractivity contribution in [2.45, 2.75) is 58.3 Å². The van der Waals surface area contributed by atoms with Crippen LogP contribution in [0.25, 0.3) is 16.5 Å². The van der Waals surface area contributed by atoms with Crippen molar-refractivity contribution in [1.82, 2.24) is 9.78 Å². The third kappa shape index (κ3) is 5.67. The van der Waals surface area contributed by atoms with E-state index < -0.39 is 0 Å². The first-order chi connectivity index (χ1) is 17.5. The number of hydrogen-bond acceptors (Lipinski definition) is 3. The first kappa shape index (κ1) is 24.6. The number of aromatic nitrogens is 2. The fraction of sp³-hybridized carbons (Fsp3) is 0.323. The summed E-state index contributed by atoms with van der Waals surface area (Å²) in [6, 6.07) is 22.4. The second-order valence-corrected chi connectivity index (χ2v) is 11.0. The van der Waals surface area contributed by atoms with Gasteiger partial charge in [-0.05, 0) is 77.9 Å². The molecule has 1 saturated carbocycles. The molecule has 4 nitrogen and oxygen atoms in total. The summed E-state index contributed by atoms with van der Waals surface area (Å²) in [5.74, 6) is 0.752. The van der Waals surface area contributed by atoms with E-state index in [0.29, 0.717) is 24.5 Å². The highest BCUT2D eigenvalue weighted by Crippen LogP contribution is 2.28. The smallest absolute Gasteiger partial charge is 0.181 e. The number of hydrogen-bond donors (Lipinski definition) is 1. The molecule has 0 saturated heterocycles. The maximum Gasteiger partial charge on any atom is 0.181 e. The second-order valence-electron chi connectivity index (χ2n) is 10.1. The number of carbonyl (C=O) groups is 1. The largest absolute Gasteiger partial charge is 0.305 e. The van der Waals surface area contributed by atoms with Gasteiger partial charge in [-0.2, -0.15) is 5.10 Å². The zero-order chi connectivity index (χ0) is 25.1. The third-order valence-electron chi connectivity index (χ3n) is 7.31. The lowest BCUT2D eigenvalue weighted by molar-refractivity contribution is 0.0975. The van der Waals surface area contributed by atoms with Gasteiger partial charge < -0.3 is 5.41 Å². The molecule has 0 amide bonds. The van der Waals surface area contributed by atoms with Crippen LogP contribution in [0.2, 0.25) is 0 Å². The lowest BCUT2D eigenvalue weighted by atomic mass is 9.84. The number of nitrogens with zero attached hydrogens (tertiary/aromatic N) is 2. The Labute approximate surface area is 221 Å². The van der Waals surface area contributed by atoms with Crippen LogP contribution in [0.1, 0.15) is 72.3 Å². The molecule has 184 valence electrons. The van der Waals surface area contributed by atoms with Gasteiger partial charge in [0.15, 0.2) is 5.78 Å². The normalized spacial score (nSPS) is 14.3. The fourth-order valence-corrected chi connectivity index (χ4v) is 5.67. The molecule has 0 unspecified atom stereocenters. The summed E-state index contributed by atoms with van der Waals surface area (Å²) in [5.41, 5.74) is 5.21. The van der Waals surface area contributed by atoms with Gasteiger partial charge >= 0.3 is 0 Å². The van der Waals surface area contributed by atoms with Gasteiger partial charge in [0.2, 0.25) is 0 Å². The van der Waals surface area contributed by atoms with Gasteiger partial charge in [-0.25, -0.2) is 4.68 Å². The van der Waals surface area contributed by atoms with Crippen molar-refractivity contribution >= 4 is 38.2 Å². The minimum Gasteiger partial charge on any atom is -0.305 e. The molecule has 1 fully saturated rings. The number of aryl methyl sites for hydroxylation is 2. The van der Waals surface area contributed by atoms with Crippen molar-refractivity contribution in [3.63, 3.8) is 0 Å². The van der Waals surface area contributed by atoms with Crippen molar-refractivity contribution < 1.29 is 4.79 Å². The predicted molar refractivity (Wildman–Crippen MR) is 151 cm³/mol. The number of fused-ring (bicyclic) bond motifs is 1. The molecule has 1 aliphatic carbocycles. The van der Waals surface area contributed by atoms with E-state index in [1.807, 2.05) is 37.3 Å². The van der Waals surface area contributed by atoms with Crippen LogP contribution in [0, 0.1) is 18.3 Å². The van der Waals surface area contributed by atoms with E-state index in [-0.39, 0.29) is 5.78 Å². The average molecular weight is 543 g/mol.